The summed E-state index contributed by atoms with van der Waals surface area (Å²) < 4.78 is 35.9. The molecule has 5 heterocycles. The molecule has 0 bridgehead atoms. The van der Waals surface area contributed by atoms with Crippen LogP contribution < -0.4 is 9.47 Å². The van der Waals surface area contributed by atoms with Gasteiger partial charge in [0.05, 0.1) is 0 Å². The van der Waals surface area contributed by atoms with Crippen LogP contribution >= 0.6 is 11.3 Å². The van der Waals surface area contributed by atoms with Crippen molar-refractivity contribution in [2.75, 3.05) is 13.1 Å². The standard InChI is InChI=1S/C24H21F2N3O2S/c1-14(29-8-2-3-9-29)21-6-7-22(32-21)16-10-17-18(13-28-23(17)27-12-16)15-4-5-19-20(11-15)31-24(25,26)30-19/h4-7,10-14H,2-3,8-9H2,1H3,(H,27,28). The molecule has 2 aliphatic rings. The molecule has 1 fully saturated rings. The number of likely N-dealkylation sites (tertiary alicyclic amines) is 1. The largest absolute Gasteiger partial charge is 0.586 e. The van der Waals surface area contributed by atoms with Crippen molar-refractivity contribution in [2.45, 2.75) is 32.1 Å². The maximum absolute atomic E-state index is 13.4. The highest BCUT2D eigenvalue weighted by atomic mass is 32.1. The third-order valence-corrected chi connectivity index (χ3v) is 7.56. The molecule has 1 atom stereocenters. The molecule has 2 aliphatic heterocycles. The molecule has 0 amide bonds. The highest BCUT2D eigenvalue weighted by Gasteiger charge is 2.43. The molecule has 1 N–H and O–H groups in total. The van der Waals surface area contributed by atoms with Gasteiger partial charge in [0.25, 0.3) is 0 Å². The van der Waals surface area contributed by atoms with Gasteiger partial charge in [0.15, 0.2) is 11.5 Å². The van der Waals surface area contributed by atoms with Crippen LogP contribution in [-0.2, 0) is 0 Å². The van der Waals surface area contributed by atoms with Crippen LogP contribution in [-0.4, -0.2) is 34.3 Å². The molecule has 1 aromatic carbocycles. The van der Waals surface area contributed by atoms with E-state index in [2.05, 4.69) is 49.5 Å². The summed E-state index contributed by atoms with van der Waals surface area (Å²) in [5.41, 5.74) is 3.41. The van der Waals surface area contributed by atoms with E-state index in [4.69, 9.17) is 0 Å². The van der Waals surface area contributed by atoms with Crippen LogP contribution in [0.25, 0.3) is 32.6 Å². The van der Waals surface area contributed by atoms with Crippen LogP contribution in [0.4, 0.5) is 8.78 Å². The van der Waals surface area contributed by atoms with Crippen molar-refractivity contribution in [3.05, 3.63) is 53.7 Å². The first-order chi connectivity index (χ1) is 15.5. The van der Waals surface area contributed by atoms with Crippen LogP contribution in [0, 0.1) is 0 Å². The van der Waals surface area contributed by atoms with Crippen molar-refractivity contribution >= 4 is 22.4 Å². The first-order valence-corrected chi connectivity index (χ1v) is 11.5. The lowest BCUT2D eigenvalue weighted by molar-refractivity contribution is -0.286. The zero-order chi connectivity index (χ0) is 21.9. The van der Waals surface area contributed by atoms with Gasteiger partial charge in [0, 0.05) is 44.7 Å². The molecule has 1 unspecified atom stereocenters. The summed E-state index contributed by atoms with van der Waals surface area (Å²) in [5, 5.41) is 0.927. The summed E-state index contributed by atoms with van der Waals surface area (Å²) in [7, 11) is 0. The van der Waals surface area contributed by atoms with Crippen molar-refractivity contribution in [1.29, 1.82) is 0 Å². The van der Waals surface area contributed by atoms with Gasteiger partial charge in [-0.1, -0.05) is 6.07 Å². The Labute approximate surface area is 187 Å². The molecule has 164 valence electrons. The lowest BCUT2D eigenvalue weighted by atomic mass is 10.0. The number of H-pyrrole nitrogens is 1. The zero-order valence-electron chi connectivity index (χ0n) is 17.4. The number of alkyl halides is 2. The zero-order valence-corrected chi connectivity index (χ0v) is 18.2. The predicted octanol–water partition coefficient (Wildman–Crippen LogP) is 6.44. The Kier molecular flexibility index (Phi) is 4.48. The number of ether oxygens (including phenoxy) is 2. The molecule has 6 rings (SSSR count). The Hall–Kier alpha value is -2.97. The van der Waals surface area contributed by atoms with Crippen molar-refractivity contribution < 1.29 is 18.3 Å². The minimum absolute atomic E-state index is 0.0322. The average molecular weight is 454 g/mol. The summed E-state index contributed by atoms with van der Waals surface area (Å²) in [6, 6.07) is 11.7. The molecule has 0 spiro atoms. The smallest absolute Gasteiger partial charge is 0.395 e. The quantitative estimate of drug-likeness (QED) is 0.387. The Morgan fingerprint density at radius 2 is 1.88 bits per heavy atom. The van der Waals surface area contributed by atoms with Gasteiger partial charge < -0.3 is 14.5 Å². The number of thiophene rings is 1. The number of fused-ring (bicyclic) bond motifs is 2. The highest BCUT2D eigenvalue weighted by Crippen LogP contribution is 2.44. The van der Waals surface area contributed by atoms with E-state index >= 15 is 0 Å². The van der Waals surface area contributed by atoms with E-state index < -0.39 is 6.29 Å². The average Bonchev–Trinajstić information content (AvgIpc) is 3.56. The maximum atomic E-state index is 13.4. The fraction of sp³-hybridized carbons (Fsp3) is 0.292. The third kappa shape index (κ3) is 3.34. The van der Waals surface area contributed by atoms with Crippen molar-refractivity contribution in [2.24, 2.45) is 0 Å². The fourth-order valence-electron chi connectivity index (χ4n) is 4.53. The summed E-state index contributed by atoms with van der Waals surface area (Å²) in [4.78, 5) is 12.8. The minimum atomic E-state index is -3.63. The van der Waals surface area contributed by atoms with Gasteiger partial charge in [-0.05, 0) is 68.8 Å². The number of halogens is 2. The topological polar surface area (TPSA) is 50.4 Å². The SMILES string of the molecule is CC(c1ccc(-c2cnc3[nH]cc(-c4ccc5c(c4)OC(F)(F)O5)c3c2)s1)N1CCCC1. The Morgan fingerprint density at radius 3 is 2.72 bits per heavy atom. The van der Waals surface area contributed by atoms with Gasteiger partial charge in [0.1, 0.15) is 5.65 Å². The first-order valence-electron chi connectivity index (χ1n) is 10.7. The maximum Gasteiger partial charge on any atom is 0.586 e. The second-order valence-corrected chi connectivity index (χ2v) is 9.39. The molecular formula is C24H21F2N3O2S. The molecule has 4 aromatic rings. The molecule has 1 saturated heterocycles. The number of aromatic amines is 1. The number of hydrogen-bond acceptors (Lipinski definition) is 5. The van der Waals surface area contributed by atoms with Gasteiger partial charge in [0.2, 0.25) is 0 Å². The van der Waals surface area contributed by atoms with E-state index in [0.29, 0.717) is 6.04 Å². The molecular weight excluding hydrogens is 432 g/mol. The van der Waals surface area contributed by atoms with Crippen molar-refractivity contribution in [3.8, 4) is 33.1 Å². The highest BCUT2D eigenvalue weighted by molar-refractivity contribution is 7.15. The van der Waals surface area contributed by atoms with E-state index in [9.17, 15) is 8.78 Å². The second kappa shape index (κ2) is 7.28. The van der Waals surface area contributed by atoms with Crippen LogP contribution in [0.15, 0.2) is 48.8 Å². The molecule has 5 nitrogen and oxygen atoms in total. The Bertz CT molecular complexity index is 1310. The van der Waals surface area contributed by atoms with Gasteiger partial charge in [-0.25, -0.2) is 4.98 Å². The van der Waals surface area contributed by atoms with E-state index in [-0.39, 0.29) is 11.5 Å². The molecule has 3 aromatic heterocycles. The van der Waals surface area contributed by atoms with Crippen molar-refractivity contribution in [3.63, 3.8) is 0 Å². The molecule has 0 saturated carbocycles. The van der Waals surface area contributed by atoms with E-state index in [1.54, 1.807) is 23.5 Å². The number of nitrogens with zero attached hydrogens (tertiary/aromatic N) is 2. The van der Waals surface area contributed by atoms with Gasteiger partial charge in [-0.15, -0.1) is 20.1 Å². The van der Waals surface area contributed by atoms with Crippen molar-refractivity contribution in [1.82, 2.24) is 14.9 Å². The van der Waals surface area contributed by atoms with Gasteiger partial charge >= 0.3 is 6.29 Å². The van der Waals surface area contributed by atoms with Gasteiger partial charge in [-0.3, -0.25) is 4.90 Å². The van der Waals surface area contributed by atoms with Crippen LogP contribution in [0.2, 0.25) is 0 Å². The lowest BCUT2D eigenvalue weighted by Crippen LogP contribution is -2.25. The van der Waals surface area contributed by atoms with Crippen LogP contribution in [0.3, 0.4) is 0 Å². The van der Waals surface area contributed by atoms with Crippen LogP contribution in [0.5, 0.6) is 11.5 Å². The lowest BCUT2D eigenvalue weighted by Gasteiger charge is -2.22. The molecule has 0 aliphatic carbocycles. The number of pyridine rings is 1. The van der Waals surface area contributed by atoms with E-state index in [1.807, 2.05) is 12.4 Å². The summed E-state index contributed by atoms with van der Waals surface area (Å²) in [6.07, 6.45) is 2.64. The Morgan fingerprint density at radius 1 is 1.06 bits per heavy atom. The molecule has 0 radical (unpaired) electrons. The normalized spacial score (nSPS) is 18.5. The summed E-state index contributed by atoms with van der Waals surface area (Å²) in [6.45, 7) is 4.60. The molecule has 32 heavy (non-hydrogen) atoms. The number of aromatic nitrogens is 2. The number of hydrogen-bond donors (Lipinski definition) is 1. The first kappa shape index (κ1) is 19.7. The monoisotopic (exact) mass is 453 g/mol. The number of benzene rings is 1. The minimum Gasteiger partial charge on any atom is -0.395 e. The number of nitrogens with one attached hydrogen (secondary N) is 1. The Balaban J connectivity index is 1.34. The third-order valence-electron chi connectivity index (χ3n) is 6.25. The molecule has 8 heteroatoms. The van der Waals surface area contributed by atoms with E-state index in [0.717, 1.165) is 45.7 Å². The van der Waals surface area contributed by atoms with Crippen LogP contribution in [0.1, 0.15) is 30.7 Å². The second-order valence-electron chi connectivity index (χ2n) is 8.27. The van der Waals surface area contributed by atoms with E-state index in [1.165, 1.54) is 23.8 Å². The van der Waals surface area contributed by atoms with Gasteiger partial charge in [-0.2, -0.15) is 0 Å². The fourth-order valence-corrected chi connectivity index (χ4v) is 5.61. The predicted molar refractivity (Wildman–Crippen MR) is 120 cm³/mol. The summed E-state index contributed by atoms with van der Waals surface area (Å²) >= 11 is 1.80. The number of rotatable bonds is 4. The summed E-state index contributed by atoms with van der Waals surface area (Å²) in [5.74, 6) is 0.0698.